The third kappa shape index (κ3) is 4.56. The van der Waals surface area contributed by atoms with Crippen LogP contribution in [0.4, 0.5) is 5.13 Å². The first kappa shape index (κ1) is 25.6. The quantitative estimate of drug-likeness (QED) is 0.0756. The lowest BCUT2D eigenvalue weighted by Gasteiger charge is -2.50. The summed E-state index contributed by atoms with van der Waals surface area (Å²) in [5.74, 6) is -2.61. The number of oxime groups is 1. The molecule has 0 spiro atoms. The number of hydrogen-bond acceptors (Lipinski definition) is 13. The van der Waals surface area contributed by atoms with Gasteiger partial charge in [-0.25, -0.2) is 4.57 Å². The molecular weight excluding hydrogens is 558 g/mol. The molecule has 3 amide bonds. The summed E-state index contributed by atoms with van der Waals surface area (Å²) in [4.78, 5) is 59.3. The standard InChI is InChI=1S/C20H19N9O6S3/c1-35-25-12(15-24-20(21)38-26-15)16(31)23-13-17(32)29-14(19(33)34)9(5-37-18(13)29)3-27-4-11-28(8-27)10(6-36-11)2-22-7-30/h4,6-8,13,18H,2-3,5H2,1H3,(H4-,21,22,23,24,26,30,31,33,34)/b25-12-/t13-,18-/m1/s1. The van der Waals surface area contributed by atoms with Gasteiger partial charge in [0.05, 0.1) is 18.2 Å². The molecule has 2 aliphatic heterocycles. The van der Waals surface area contributed by atoms with Crippen LogP contribution in [0.5, 0.6) is 0 Å². The molecule has 0 radical (unpaired) electrons. The van der Waals surface area contributed by atoms with Gasteiger partial charge in [0.15, 0.2) is 5.13 Å². The van der Waals surface area contributed by atoms with E-state index >= 15 is 0 Å². The Morgan fingerprint density at radius 2 is 2.26 bits per heavy atom. The summed E-state index contributed by atoms with van der Waals surface area (Å²) in [6, 6.07) is -0.998. The molecule has 18 heteroatoms. The highest BCUT2D eigenvalue weighted by Crippen LogP contribution is 2.40. The summed E-state index contributed by atoms with van der Waals surface area (Å²) in [6.45, 7) is 0.557. The van der Waals surface area contributed by atoms with Crippen LogP contribution in [0.2, 0.25) is 0 Å². The minimum Gasteiger partial charge on any atom is -0.543 e. The van der Waals surface area contributed by atoms with Gasteiger partial charge in [0.1, 0.15) is 37.0 Å². The van der Waals surface area contributed by atoms with Crippen LogP contribution in [-0.4, -0.2) is 72.8 Å². The number of nitrogen functional groups attached to an aromatic ring is 1. The summed E-state index contributed by atoms with van der Waals surface area (Å²) >= 11 is 3.66. The molecule has 3 aromatic rings. The number of nitrogens with zero attached hydrogens (tertiary/aromatic N) is 6. The van der Waals surface area contributed by atoms with E-state index in [2.05, 4.69) is 25.1 Å². The fraction of sp³-hybridized carbons (Fsp3) is 0.300. The lowest BCUT2D eigenvalue weighted by molar-refractivity contribution is -0.687. The first-order valence-electron chi connectivity index (χ1n) is 10.9. The zero-order valence-corrected chi connectivity index (χ0v) is 22.0. The number of carbonyl (C=O) groups is 4. The molecule has 15 nitrogen and oxygen atoms in total. The summed E-state index contributed by atoms with van der Waals surface area (Å²) in [7, 11) is 1.24. The fourth-order valence-corrected chi connectivity index (χ4v) is 6.82. The number of hydrogen-bond donors (Lipinski definition) is 3. The molecule has 0 unspecified atom stereocenters. The largest absolute Gasteiger partial charge is 0.543 e. The molecule has 1 fully saturated rings. The Morgan fingerprint density at radius 1 is 1.45 bits per heavy atom. The van der Waals surface area contributed by atoms with Crippen molar-refractivity contribution in [3.05, 3.63) is 40.7 Å². The van der Waals surface area contributed by atoms with E-state index in [0.29, 0.717) is 24.3 Å². The molecule has 5 rings (SSSR count). The minimum atomic E-state index is -1.48. The van der Waals surface area contributed by atoms with Gasteiger partial charge in [0.2, 0.25) is 29.1 Å². The Kier molecular flexibility index (Phi) is 7.00. The molecule has 38 heavy (non-hydrogen) atoms. The molecule has 0 aliphatic carbocycles. The van der Waals surface area contributed by atoms with E-state index in [0.717, 1.165) is 27.0 Å². The third-order valence-electron chi connectivity index (χ3n) is 5.72. The van der Waals surface area contributed by atoms with E-state index in [1.807, 2.05) is 16.0 Å². The summed E-state index contributed by atoms with van der Waals surface area (Å²) in [5, 5.41) is 22.3. The molecule has 198 valence electrons. The average Bonchev–Trinajstić information content (AvgIpc) is 3.60. The minimum absolute atomic E-state index is 0.0565. The Bertz CT molecular complexity index is 1510. The van der Waals surface area contributed by atoms with Crippen molar-refractivity contribution in [2.45, 2.75) is 24.5 Å². The van der Waals surface area contributed by atoms with E-state index in [4.69, 9.17) is 10.6 Å². The second kappa shape index (κ2) is 10.4. The van der Waals surface area contributed by atoms with E-state index in [1.165, 1.54) is 30.2 Å². The number of aromatic nitrogens is 4. The van der Waals surface area contributed by atoms with Gasteiger partial charge in [-0.3, -0.25) is 19.3 Å². The van der Waals surface area contributed by atoms with E-state index < -0.39 is 29.2 Å². The number of carbonyl (C=O) groups excluding carboxylic acids is 4. The number of anilines is 1. The molecule has 0 bridgehead atoms. The number of carboxylic acids is 1. The molecule has 2 atom stereocenters. The van der Waals surface area contributed by atoms with E-state index in [9.17, 15) is 24.3 Å². The monoisotopic (exact) mass is 577 g/mol. The molecule has 0 saturated carbocycles. The van der Waals surface area contributed by atoms with Gasteiger partial charge in [-0.2, -0.15) is 13.8 Å². The van der Waals surface area contributed by atoms with Crippen LogP contribution in [0.3, 0.4) is 0 Å². The number of nitrogens with one attached hydrogen (secondary N) is 2. The topological polar surface area (TPSA) is 200 Å². The average molecular weight is 578 g/mol. The molecule has 4 N–H and O–H groups in total. The molecule has 3 aromatic heterocycles. The number of imidazole rings is 1. The number of β-lactam (4-membered cyclic amide) rings is 1. The number of carboxylic acid groups (broad SMARTS) is 1. The van der Waals surface area contributed by atoms with Crippen LogP contribution in [-0.2, 0) is 37.1 Å². The molecule has 5 heterocycles. The Hall–Kier alpha value is -4.03. The first-order chi connectivity index (χ1) is 18.3. The normalized spacial score (nSPS) is 19.2. The van der Waals surface area contributed by atoms with Crippen molar-refractivity contribution < 1.29 is 33.7 Å². The van der Waals surface area contributed by atoms with Gasteiger partial charge in [-0.1, -0.05) is 16.5 Å². The number of thioether (sulfide) groups is 1. The van der Waals surface area contributed by atoms with Crippen molar-refractivity contribution in [3.8, 4) is 0 Å². The van der Waals surface area contributed by atoms with Crippen LogP contribution >= 0.6 is 34.6 Å². The molecular formula is C20H19N9O6S3. The van der Waals surface area contributed by atoms with E-state index in [1.54, 1.807) is 10.9 Å². The highest BCUT2D eigenvalue weighted by atomic mass is 32.2. The van der Waals surface area contributed by atoms with Crippen LogP contribution in [0, 0.1) is 0 Å². The predicted octanol–water partition coefficient (Wildman–Crippen LogP) is -2.58. The number of thiazole rings is 1. The second-order valence-electron chi connectivity index (χ2n) is 8.03. The highest BCUT2D eigenvalue weighted by molar-refractivity contribution is 8.00. The van der Waals surface area contributed by atoms with Crippen molar-refractivity contribution in [2.24, 2.45) is 5.16 Å². The maximum Gasteiger partial charge on any atom is 0.278 e. The Morgan fingerprint density at radius 3 is 2.95 bits per heavy atom. The zero-order chi connectivity index (χ0) is 27.0. The number of nitrogens with two attached hydrogens (primary N) is 1. The smallest absolute Gasteiger partial charge is 0.278 e. The maximum atomic E-state index is 13.0. The SMILES string of the molecule is CO/N=C(\C(=O)N[C@@H]1C(=O)N2C(C(=O)[O-])=C(C[n+]3cc4scc(CNC=O)n4c3)CS[C@H]12)c1nsc(N)n1. The number of aliphatic carboxylic acids is 1. The number of fused-ring (bicyclic) bond motifs is 2. The first-order valence-corrected chi connectivity index (χ1v) is 13.6. The zero-order valence-electron chi connectivity index (χ0n) is 19.5. The van der Waals surface area contributed by atoms with Gasteiger partial charge < -0.3 is 31.1 Å². The Balaban J connectivity index is 1.34. The second-order valence-corrected chi connectivity index (χ2v) is 10.8. The van der Waals surface area contributed by atoms with Gasteiger partial charge in [0, 0.05) is 28.2 Å². The van der Waals surface area contributed by atoms with Crippen LogP contribution in [0.15, 0.2) is 34.3 Å². The van der Waals surface area contributed by atoms with Crippen molar-refractivity contribution in [1.29, 1.82) is 0 Å². The highest BCUT2D eigenvalue weighted by Gasteiger charge is 2.53. The molecule has 0 aromatic carbocycles. The molecule has 1 saturated heterocycles. The van der Waals surface area contributed by atoms with E-state index in [-0.39, 0.29) is 28.9 Å². The van der Waals surface area contributed by atoms with Crippen molar-refractivity contribution >= 4 is 74.5 Å². The Labute approximate surface area is 226 Å². The van der Waals surface area contributed by atoms with Crippen LogP contribution in [0.25, 0.3) is 4.83 Å². The lowest BCUT2D eigenvalue weighted by Crippen LogP contribution is -2.71. The van der Waals surface area contributed by atoms with Gasteiger partial charge in [0.25, 0.3) is 11.8 Å². The summed E-state index contributed by atoms with van der Waals surface area (Å²) in [5.41, 5.74) is 6.46. The van der Waals surface area contributed by atoms with Gasteiger partial charge >= 0.3 is 0 Å². The fourth-order valence-electron chi connectivity index (χ4n) is 4.12. The third-order valence-corrected chi connectivity index (χ3v) is 8.54. The maximum absolute atomic E-state index is 13.0. The number of amides is 3. The number of rotatable bonds is 10. The van der Waals surface area contributed by atoms with Crippen molar-refractivity contribution in [3.63, 3.8) is 0 Å². The summed E-state index contributed by atoms with van der Waals surface area (Å²) in [6.07, 6.45) is 4.26. The van der Waals surface area contributed by atoms with Crippen LogP contribution in [0.1, 0.15) is 11.5 Å². The lowest BCUT2D eigenvalue weighted by atomic mass is 10.0. The van der Waals surface area contributed by atoms with Crippen molar-refractivity contribution in [1.82, 2.24) is 29.3 Å². The van der Waals surface area contributed by atoms with Gasteiger partial charge in [-0.15, -0.1) is 11.8 Å². The molecule has 2 aliphatic rings. The predicted molar refractivity (Wildman–Crippen MR) is 133 cm³/mol. The van der Waals surface area contributed by atoms with Gasteiger partial charge in [-0.05, 0) is 0 Å². The van der Waals surface area contributed by atoms with Crippen molar-refractivity contribution in [2.75, 3.05) is 18.6 Å². The van der Waals surface area contributed by atoms with Crippen LogP contribution < -0.4 is 26.0 Å². The summed E-state index contributed by atoms with van der Waals surface area (Å²) < 4.78 is 7.64.